The highest BCUT2D eigenvalue weighted by molar-refractivity contribution is 6.30. The van der Waals surface area contributed by atoms with Gasteiger partial charge in [-0.1, -0.05) is 17.7 Å². The molecule has 0 aliphatic heterocycles. The Hall–Kier alpha value is -1.85. The molecule has 0 unspecified atom stereocenters. The van der Waals surface area contributed by atoms with Crippen molar-refractivity contribution < 1.29 is 0 Å². The van der Waals surface area contributed by atoms with Gasteiger partial charge in [0.2, 0.25) is 5.95 Å². The lowest BCUT2D eigenvalue weighted by atomic mass is 10.3. The fourth-order valence-electron chi connectivity index (χ4n) is 2.02. The van der Waals surface area contributed by atoms with Crippen LogP contribution in [-0.4, -0.2) is 42.1 Å². The average molecular weight is 320 g/mol. The number of aromatic nitrogens is 2. The number of benzene rings is 1. The van der Waals surface area contributed by atoms with Gasteiger partial charge in [-0.15, -0.1) is 0 Å². The maximum absolute atomic E-state index is 5.99. The minimum atomic E-state index is 0.642. The third kappa shape index (κ3) is 5.50. The molecule has 118 valence electrons. The summed E-state index contributed by atoms with van der Waals surface area (Å²) in [6, 6.07) is 9.47. The van der Waals surface area contributed by atoms with Crippen LogP contribution in [0.15, 0.2) is 30.3 Å². The molecule has 2 N–H and O–H groups in total. The molecule has 0 fully saturated rings. The van der Waals surface area contributed by atoms with Gasteiger partial charge in [0.1, 0.15) is 5.82 Å². The van der Waals surface area contributed by atoms with Gasteiger partial charge in [0.15, 0.2) is 0 Å². The zero-order chi connectivity index (χ0) is 15.9. The van der Waals surface area contributed by atoms with E-state index in [1.165, 1.54) is 0 Å². The lowest BCUT2D eigenvalue weighted by Crippen LogP contribution is -2.17. The molecular formula is C16H22ClN5. The molecule has 0 bridgehead atoms. The van der Waals surface area contributed by atoms with Crippen LogP contribution in [0.2, 0.25) is 5.02 Å². The SMILES string of the molecule is Cc1cc(Nc2cccc(Cl)c2)nc(NCCCN(C)C)n1. The predicted octanol–water partition coefficient (Wildman–Crippen LogP) is 3.55. The van der Waals surface area contributed by atoms with Crippen LogP contribution in [0.4, 0.5) is 17.5 Å². The van der Waals surface area contributed by atoms with Crippen molar-refractivity contribution in [2.75, 3.05) is 37.8 Å². The highest BCUT2D eigenvalue weighted by atomic mass is 35.5. The number of nitrogens with zero attached hydrogens (tertiary/aromatic N) is 3. The number of aryl methyl sites for hydroxylation is 1. The average Bonchev–Trinajstić information content (AvgIpc) is 2.43. The van der Waals surface area contributed by atoms with Gasteiger partial charge < -0.3 is 15.5 Å². The number of hydrogen-bond donors (Lipinski definition) is 2. The fourth-order valence-corrected chi connectivity index (χ4v) is 2.21. The maximum Gasteiger partial charge on any atom is 0.224 e. The molecule has 1 aromatic carbocycles. The fraction of sp³-hybridized carbons (Fsp3) is 0.375. The van der Waals surface area contributed by atoms with Crippen LogP contribution in [0.1, 0.15) is 12.1 Å². The van der Waals surface area contributed by atoms with Crippen LogP contribution in [0.5, 0.6) is 0 Å². The third-order valence-electron chi connectivity index (χ3n) is 3.02. The van der Waals surface area contributed by atoms with Gasteiger partial charge >= 0.3 is 0 Å². The summed E-state index contributed by atoms with van der Waals surface area (Å²) in [5.74, 6) is 1.40. The van der Waals surface area contributed by atoms with E-state index in [-0.39, 0.29) is 0 Å². The summed E-state index contributed by atoms with van der Waals surface area (Å²) in [6.45, 7) is 3.83. The number of halogens is 1. The monoisotopic (exact) mass is 319 g/mol. The lowest BCUT2D eigenvalue weighted by Gasteiger charge is -2.12. The summed E-state index contributed by atoms with van der Waals surface area (Å²) >= 11 is 5.99. The maximum atomic E-state index is 5.99. The smallest absolute Gasteiger partial charge is 0.224 e. The van der Waals surface area contributed by atoms with E-state index in [9.17, 15) is 0 Å². The van der Waals surface area contributed by atoms with Gasteiger partial charge in [0, 0.05) is 29.0 Å². The minimum absolute atomic E-state index is 0.642. The van der Waals surface area contributed by atoms with Crippen molar-refractivity contribution in [3.8, 4) is 0 Å². The molecule has 1 heterocycles. The summed E-state index contributed by atoms with van der Waals surface area (Å²) in [7, 11) is 4.13. The molecule has 0 saturated heterocycles. The second kappa shape index (κ2) is 7.96. The summed E-state index contributed by atoms with van der Waals surface area (Å²) < 4.78 is 0. The van der Waals surface area contributed by atoms with Crippen molar-refractivity contribution in [2.45, 2.75) is 13.3 Å². The van der Waals surface area contributed by atoms with Crippen molar-refractivity contribution >= 4 is 29.1 Å². The van der Waals surface area contributed by atoms with Crippen molar-refractivity contribution in [2.24, 2.45) is 0 Å². The standard InChI is InChI=1S/C16H22ClN5/c1-12-10-15(20-14-7-4-6-13(17)11-14)21-16(19-12)18-8-5-9-22(2)3/h4,6-7,10-11H,5,8-9H2,1-3H3,(H2,18,19,20,21). The first-order valence-electron chi connectivity index (χ1n) is 7.30. The molecule has 22 heavy (non-hydrogen) atoms. The van der Waals surface area contributed by atoms with Crippen molar-refractivity contribution in [1.29, 1.82) is 0 Å². The van der Waals surface area contributed by atoms with E-state index < -0.39 is 0 Å². The molecule has 2 aromatic rings. The van der Waals surface area contributed by atoms with E-state index in [0.717, 1.165) is 36.7 Å². The highest BCUT2D eigenvalue weighted by Crippen LogP contribution is 2.20. The van der Waals surface area contributed by atoms with Crippen LogP contribution < -0.4 is 10.6 Å². The van der Waals surface area contributed by atoms with Crippen LogP contribution >= 0.6 is 11.6 Å². The van der Waals surface area contributed by atoms with Gasteiger partial charge in [-0.3, -0.25) is 0 Å². The highest BCUT2D eigenvalue weighted by Gasteiger charge is 2.03. The summed E-state index contributed by atoms with van der Waals surface area (Å²) in [6.07, 6.45) is 1.04. The molecule has 1 aromatic heterocycles. The first-order chi connectivity index (χ1) is 10.5. The normalized spacial score (nSPS) is 10.8. The summed E-state index contributed by atoms with van der Waals surface area (Å²) in [5, 5.41) is 7.21. The van der Waals surface area contributed by atoms with Crippen LogP contribution in [0, 0.1) is 6.92 Å². The topological polar surface area (TPSA) is 53.1 Å². The zero-order valence-corrected chi connectivity index (χ0v) is 14.0. The van der Waals surface area contributed by atoms with E-state index in [1.807, 2.05) is 37.3 Å². The first kappa shape index (κ1) is 16.5. The molecule has 0 spiro atoms. The Morgan fingerprint density at radius 1 is 1.18 bits per heavy atom. The van der Waals surface area contributed by atoms with Gasteiger partial charge in [-0.2, -0.15) is 4.98 Å². The van der Waals surface area contributed by atoms with Gasteiger partial charge in [0.25, 0.3) is 0 Å². The van der Waals surface area contributed by atoms with E-state index in [0.29, 0.717) is 11.0 Å². The number of hydrogen-bond acceptors (Lipinski definition) is 5. The molecule has 0 radical (unpaired) electrons. The molecule has 0 aliphatic rings. The minimum Gasteiger partial charge on any atom is -0.354 e. The Morgan fingerprint density at radius 3 is 2.73 bits per heavy atom. The molecule has 2 rings (SSSR count). The predicted molar refractivity (Wildman–Crippen MR) is 93.2 cm³/mol. The molecular weight excluding hydrogens is 298 g/mol. The summed E-state index contributed by atoms with van der Waals surface area (Å²) in [5.41, 5.74) is 1.82. The molecule has 0 atom stereocenters. The Morgan fingerprint density at radius 2 is 2.00 bits per heavy atom. The van der Waals surface area contributed by atoms with E-state index >= 15 is 0 Å². The number of anilines is 3. The van der Waals surface area contributed by atoms with E-state index in [2.05, 4.69) is 39.6 Å². The Balaban J connectivity index is 2.00. The quantitative estimate of drug-likeness (QED) is 0.764. The second-order valence-corrected chi connectivity index (χ2v) is 5.87. The molecule has 0 saturated carbocycles. The van der Waals surface area contributed by atoms with Gasteiger partial charge in [-0.05, 0) is 52.2 Å². The van der Waals surface area contributed by atoms with Crippen LogP contribution in [0.25, 0.3) is 0 Å². The molecule has 0 amide bonds. The number of nitrogens with one attached hydrogen (secondary N) is 2. The molecule has 6 heteroatoms. The number of rotatable bonds is 7. The second-order valence-electron chi connectivity index (χ2n) is 5.44. The van der Waals surface area contributed by atoms with Crippen LogP contribution in [-0.2, 0) is 0 Å². The Bertz CT molecular complexity index is 615. The summed E-state index contributed by atoms with van der Waals surface area (Å²) in [4.78, 5) is 11.1. The molecule has 0 aliphatic carbocycles. The van der Waals surface area contributed by atoms with Crippen molar-refractivity contribution in [3.05, 3.63) is 41.0 Å². The van der Waals surface area contributed by atoms with Crippen molar-refractivity contribution in [1.82, 2.24) is 14.9 Å². The van der Waals surface area contributed by atoms with Crippen molar-refractivity contribution in [3.63, 3.8) is 0 Å². The lowest BCUT2D eigenvalue weighted by molar-refractivity contribution is 0.405. The Kier molecular flexibility index (Phi) is 5.98. The van der Waals surface area contributed by atoms with E-state index in [4.69, 9.17) is 11.6 Å². The van der Waals surface area contributed by atoms with Crippen LogP contribution in [0.3, 0.4) is 0 Å². The zero-order valence-electron chi connectivity index (χ0n) is 13.2. The first-order valence-corrected chi connectivity index (χ1v) is 7.67. The largest absolute Gasteiger partial charge is 0.354 e. The molecule has 5 nitrogen and oxygen atoms in total. The van der Waals surface area contributed by atoms with Gasteiger partial charge in [-0.25, -0.2) is 4.98 Å². The van der Waals surface area contributed by atoms with E-state index in [1.54, 1.807) is 0 Å². The third-order valence-corrected chi connectivity index (χ3v) is 3.25. The Labute approximate surface area is 136 Å². The van der Waals surface area contributed by atoms with Gasteiger partial charge in [0.05, 0.1) is 0 Å².